The number of aromatic nitrogens is 2. The molecule has 2 aromatic rings. The van der Waals surface area contributed by atoms with Crippen LogP contribution in [-0.4, -0.2) is 10.2 Å². The summed E-state index contributed by atoms with van der Waals surface area (Å²) in [5.41, 5.74) is 5.99. The first-order valence-corrected chi connectivity index (χ1v) is 6.94. The van der Waals surface area contributed by atoms with E-state index >= 15 is 0 Å². The van der Waals surface area contributed by atoms with Crippen LogP contribution in [0.25, 0.3) is 0 Å². The fraction of sp³-hybridized carbons (Fsp3) is 0.385. The molecule has 0 aromatic carbocycles. The Hall–Kier alpha value is -1.30. The fourth-order valence-electron chi connectivity index (χ4n) is 2.00. The van der Waals surface area contributed by atoms with Crippen LogP contribution in [0.15, 0.2) is 23.6 Å². The molecule has 0 aliphatic carbocycles. The third kappa shape index (κ3) is 2.93. The molecule has 0 amide bonds. The minimum absolute atomic E-state index is 0.0906. The second-order valence-corrected chi connectivity index (χ2v) is 5.28. The average Bonchev–Trinajstić information content (AvgIpc) is 2.88. The minimum Gasteiger partial charge on any atom is -0.271 e. The van der Waals surface area contributed by atoms with Crippen LogP contribution in [0.3, 0.4) is 0 Å². The molecule has 3 N–H and O–H groups in total. The molecule has 2 rings (SSSR count). The first-order valence-electron chi connectivity index (χ1n) is 6.06. The van der Waals surface area contributed by atoms with Crippen molar-refractivity contribution >= 4 is 11.3 Å². The number of nitrogens with one attached hydrogen (secondary N) is 1. The predicted octanol–water partition coefficient (Wildman–Crippen LogP) is 2.16. The summed E-state index contributed by atoms with van der Waals surface area (Å²) in [6, 6.07) is 6.35. The van der Waals surface area contributed by atoms with E-state index in [0.29, 0.717) is 0 Å². The largest absolute Gasteiger partial charge is 0.271 e. The van der Waals surface area contributed by atoms with Crippen LogP contribution in [0.5, 0.6) is 0 Å². The molecular formula is C13H18N4S. The van der Waals surface area contributed by atoms with E-state index in [2.05, 4.69) is 46.1 Å². The van der Waals surface area contributed by atoms with E-state index in [1.807, 2.05) is 6.92 Å². The Balaban J connectivity index is 2.28. The Kier molecular flexibility index (Phi) is 4.41. The van der Waals surface area contributed by atoms with Crippen LogP contribution >= 0.6 is 11.3 Å². The molecular weight excluding hydrogens is 244 g/mol. The van der Waals surface area contributed by atoms with Gasteiger partial charge in [-0.3, -0.25) is 11.3 Å². The second-order valence-electron chi connectivity index (χ2n) is 4.24. The molecule has 2 heterocycles. The lowest BCUT2D eigenvalue weighted by atomic mass is 10.0. The van der Waals surface area contributed by atoms with Gasteiger partial charge in [-0.15, -0.1) is 11.3 Å². The molecule has 18 heavy (non-hydrogen) atoms. The van der Waals surface area contributed by atoms with E-state index in [9.17, 15) is 0 Å². The molecule has 0 radical (unpaired) electrons. The van der Waals surface area contributed by atoms with E-state index < -0.39 is 0 Å². The summed E-state index contributed by atoms with van der Waals surface area (Å²) < 4.78 is 0. The number of hydrogen-bond acceptors (Lipinski definition) is 5. The Morgan fingerprint density at radius 1 is 1.44 bits per heavy atom. The maximum Gasteiger partial charge on any atom is 0.0676 e. The molecule has 5 heteroatoms. The quantitative estimate of drug-likeness (QED) is 0.640. The SMILES string of the molecule is CCc1nnc(C)cc1C(Cc1cccs1)NN. The summed E-state index contributed by atoms with van der Waals surface area (Å²) in [7, 11) is 0. The van der Waals surface area contributed by atoms with Crippen molar-refractivity contribution in [3.63, 3.8) is 0 Å². The summed E-state index contributed by atoms with van der Waals surface area (Å²) in [4.78, 5) is 1.31. The highest BCUT2D eigenvalue weighted by atomic mass is 32.1. The third-order valence-electron chi connectivity index (χ3n) is 2.92. The van der Waals surface area contributed by atoms with E-state index in [1.165, 1.54) is 4.88 Å². The van der Waals surface area contributed by atoms with Crippen LogP contribution in [0, 0.1) is 6.92 Å². The summed E-state index contributed by atoms with van der Waals surface area (Å²) >= 11 is 1.75. The summed E-state index contributed by atoms with van der Waals surface area (Å²) in [6.45, 7) is 4.04. The number of nitrogens with two attached hydrogens (primary N) is 1. The van der Waals surface area contributed by atoms with Gasteiger partial charge in [-0.1, -0.05) is 13.0 Å². The van der Waals surface area contributed by atoms with Gasteiger partial charge in [0, 0.05) is 11.3 Å². The molecule has 1 unspecified atom stereocenters. The van der Waals surface area contributed by atoms with E-state index in [1.54, 1.807) is 11.3 Å². The van der Waals surface area contributed by atoms with Crippen molar-refractivity contribution < 1.29 is 0 Å². The fourth-order valence-corrected chi connectivity index (χ4v) is 2.75. The van der Waals surface area contributed by atoms with Crippen molar-refractivity contribution in [1.29, 1.82) is 0 Å². The van der Waals surface area contributed by atoms with Crippen molar-refractivity contribution in [3.8, 4) is 0 Å². The smallest absolute Gasteiger partial charge is 0.0676 e. The van der Waals surface area contributed by atoms with Gasteiger partial charge < -0.3 is 0 Å². The minimum atomic E-state index is 0.0906. The molecule has 0 spiro atoms. The van der Waals surface area contributed by atoms with Gasteiger partial charge in [0.2, 0.25) is 0 Å². The topological polar surface area (TPSA) is 63.8 Å². The summed E-state index contributed by atoms with van der Waals surface area (Å²) in [5, 5.41) is 10.4. The molecule has 1 atom stereocenters. The molecule has 2 aromatic heterocycles. The Morgan fingerprint density at radius 2 is 2.28 bits per heavy atom. The highest BCUT2D eigenvalue weighted by Crippen LogP contribution is 2.23. The van der Waals surface area contributed by atoms with Crippen molar-refractivity contribution in [2.45, 2.75) is 32.7 Å². The highest BCUT2D eigenvalue weighted by molar-refractivity contribution is 7.09. The highest BCUT2D eigenvalue weighted by Gasteiger charge is 2.16. The van der Waals surface area contributed by atoms with Crippen molar-refractivity contribution in [2.75, 3.05) is 0 Å². The van der Waals surface area contributed by atoms with Gasteiger partial charge in [0.1, 0.15) is 0 Å². The average molecular weight is 262 g/mol. The molecule has 0 bridgehead atoms. The van der Waals surface area contributed by atoms with Gasteiger partial charge in [0.15, 0.2) is 0 Å². The maximum atomic E-state index is 5.70. The lowest BCUT2D eigenvalue weighted by molar-refractivity contribution is 0.545. The Morgan fingerprint density at radius 3 is 2.89 bits per heavy atom. The number of hydrogen-bond donors (Lipinski definition) is 2. The second kappa shape index (κ2) is 6.04. The molecule has 0 saturated heterocycles. The van der Waals surface area contributed by atoms with Gasteiger partial charge >= 0.3 is 0 Å². The van der Waals surface area contributed by atoms with Crippen molar-refractivity contribution in [2.24, 2.45) is 5.84 Å². The standard InChI is InChI=1S/C13H18N4S/c1-3-12-11(7-9(2)16-17-12)13(15-14)8-10-5-4-6-18-10/h4-7,13,15H,3,8,14H2,1-2H3. The summed E-state index contributed by atoms with van der Waals surface area (Å²) in [6.07, 6.45) is 1.75. The van der Waals surface area contributed by atoms with Crippen LogP contribution < -0.4 is 11.3 Å². The van der Waals surface area contributed by atoms with Crippen LogP contribution in [-0.2, 0) is 12.8 Å². The lowest BCUT2D eigenvalue weighted by Gasteiger charge is -2.18. The van der Waals surface area contributed by atoms with Gasteiger partial charge in [0.05, 0.1) is 17.4 Å². The monoisotopic (exact) mass is 262 g/mol. The zero-order valence-electron chi connectivity index (χ0n) is 10.7. The number of thiophene rings is 1. The van der Waals surface area contributed by atoms with Crippen molar-refractivity contribution in [3.05, 3.63) is 45.4 Å². The molecule has 4 nitrogen and oxygen atoms in total. The first-order chi connectivity index (χ1) is 8.74. The van der Waals surface area contributed by atoms with E-state index in [-0.39, 0.29) is 6.04 Å². The first kappa shape index (κ1) is 13.1. The van der Waals surface area contributed by atoms with Gasteiger partial charge in [0.25, 0.3) is 0 Å². The van der Waals surface area contributed by atoms with Crippen molar-refractivity contribution in [1.82, 2.24) is 15.6 Å². The van der Waals surface area contributed by atoms with Gasteiger partial charge in [-0.05, 0) is 36.4 Å². The third-order valence-corrected chi connectivity index (χ3v) is 3.82. The molecule has 0 aliphatic heterocycles. The predicted molar refractivity (Wildman–Crippen MR) is 74.2 cm³/mol. The molecule has 0 aliphatic rings. The molecule has 96 valence electrons. The Bertz CT molecular complexity index is 496. The normalized spacial score (nSPS) is 12.6. The van der Waals surface area contributed by atoms with Gasteiger partial charge in [-0.2, -0.15) is 10.2 Å². The summed E-state index contributed by atoms with van der Waals surface area (Å²) in [5.74, 6) is 5.70. The molecule has 0 fully saturated rings. The number of rotatable bonds is 5. The number of aryl methyl sites for hydroxylation is 2. The zero-order chi connectivity index (χ0) is 13.0. The number of hydrazine groups is 1. The Labute approximate surface area is 111 Å². The van der Waals surface area contributed by atoms with Crippen LogP contribution in [0.2, 0.25) is 0 Å². The van der Waals surface area contributed by atoms with E-state index in [0.717, 1.165) is 29.8 Å². The number of nitrogens with zero attached hydrogens (tertiary/aromatic N) is 2. The van der Waals surface area contributed by atoms with E-state index in [4.69, 9.17) is 5.84 Å². The van der Waals surface area contributed by atoms with Gasteiger partial charge in [-0.25, -0.2) is 0 Å². The maximum absolute atomic E-state index is 5.70. The van der Waals surface area contributed by atoms with Crippen LogP contribution in [0.4, 0.5) is 0 Å². The molecule has 0 saturated carbocycles. The zero-order valence-corrected chi connectivity index (χ0v) is 11.5. The lowest BCUT2D eigenvalue weighted by Crippen LogP contribution is -2.30. The van der Waals surface area contributed by atoms with Crippen LogP contribution in [0.1, 0.15) is 34.8 Å².